The van der Waals surface area contributed by atoms with E-state index >= 15 is 0 Å². The van der Waals surface area contributed by atoms with E-state index in [0.717, 1.165) is 17.1 Å². The quantitative estimate of drug-likeness (QED) is 0.786. The number of nitrogens with zero attached hydrogens (tertiary/aromatic N) is 1. The molecule has 1 rings (SSSR count). The van der Waals surface area contributed by atoms with Crippen molar-refractivity contribution in [1.82, 2.24) is 10.3 Å². The van der Waals surface area contributed by atoms with Gasteiger partial charge in [0.1, 0.15) is 0 Å². The third-order valence-electron chi connectivity index (χ3n) is 2.28. The second-order valence-electron chi connectivity index (χ2n) is 3.47. The second-order valence-corrected chi connectivity index (χ2v) is 4.53. The van der Waals surface area contributed by atoms with Crippen LogP contribution in [0.1, 0.15) is 37.0 Å². The summed E-state index contributed by atoms with van der Waals surface area (Å²) in [5.41, 5.74) is 1.07. The molecule has 0 saturated carbocycles. The SMILES string of the molecule is CCC(CO)NC(C)c1csc(C)n1. The van der Waals surface area contributed by atoms with Crippen molar-refractivity contribution >= 4 is 11.3 Å². The Hall–Kier alpha value is -0.450. The average molecular weight is 214 g/mol. The number of aromatic nitrogens is 1. The lowest BCUT2D eigenvalue weighted by Gasteiger charge is -2.18. The number of aliphatic hydroxyl groups excluding tert-OH is 1. The lowest BCUT2D eigenvalue weighted by atomic mass is 10.2. The van der Waals surface area contributed by atoms with Crippen LogP contribution in [0.15, 0.2) is 5.38 Å². The molecule has 0 aliphatic heterocycles. The number of aliphatic hydroxyl groups is 1. The molecule has 0 radical (unpaired) electrons. The third-order valence-corrected chi connectivity index (χ3v) is 3.07. The fraction of sp³-hybridized carbons (Fsp3) is 0.700. The van der Waals surface area contributed by atoms with Crippen LogP contribution in [0.25, 0.3) is 0 Å². The van der Waals surface area contributed by atoms with E-state index in [0.29, 0.717) is 0 Å². The Morgan fingerprint density at radius 3 is 2.79 bits per heavy atom. The van der Waals surface area contributed by atoms with Crippen molar-refractivity contribution < 1.29 is 5.11 Å². The number of nitrogens with one attached hydrogen (secondary N) is 1. The molecule has 0 fully saturated rings. The average Bonchev–Trinajstić information content (AvgIpc) is 2.61. The molecule has 14 heavy (non-hydrogen) atoms. The normalized spacial score (nSPS) is 15.4. The van der Waals surface area contributed by atoms with Gasteiger partial charge in [-0.1, -0.05) is 6.92 Å². The van der Waals surface area contributed by atoms with Gasteiger partial charge >= 0.3 is 0 Å². The van der Waals surface area contributed by atoms with E-state index in [4.69, 9.17) is 5.11 Å². The highest BCUT2D eigenvalue weighted by Crippen LogP contribution is 2.16. The molecule has 0 aliphatic rings. The molecule has 0 bridgehead atoms. The first kappa shape index (κ1) is 11.6. The fourth-order valence-corrected chi connectivity index (χ4v) is 2.02. The first-order chi connectivity index (χ1) is 6.67. The largest absolute Gasteiger partial charge is 0.395 e. The molecule has 4 heteroatoms. The molecule has 0 spiro atoms. The summed E-state index contributed by atoms with van der Waals surface area (Å²) in [6.45, 7) is 6.33. The van der Waals surface area contributed by atoms with Crippen LogP contribution < -0.4 is 5.32 Å². The summed E-state index contributed by atoms with van der Waals surface area (Å²) >= 11 is 1.66. The van der Waals surface area contributed by atoms with Crippen molar-refractivity contribution in [2.45, 2.75) is 39.3 Å². The van der Waals surface area contributed by atoms with E-state index in [9.17, 15) is 0 Å². The molecule has 80 valence electrons. The topological polar surface area (TPSA) is 45.1 Å². The predicted octanol–water partition coefficient (Wildman–Crippen LogP) is 1.87. The first-order valence-corrected chi connectivity index (χ1v) is 5.84. The number of rotatable bonds is 5. The summed E-state index contributed by atoms with van der Waals surface area (Å²) in [5.74, 6) is 0. The van der Waals surface area contributed by atoms with Gasteiger partial charge in [0.2, 0.25) is 0 Å². The monoisotopic (exact) mass is 214 g/mol. The van der Waals surface area contributed by atoms with Gasteiger partial charge in [0.05, 0.1) is 17.3 Å². The van der Waals surface area contributed by atoms with Crippen molar-refractivity contribution in [1.29, 1.82) is 0 Å². The van der Waals surface area contributed by atoms with Crippen LogP contribution in [-0.2, 0) is 0 Å². The summed E-state index contributed by atoms with van der Waals surface area (Å²) in [5, 5.41) is 15.5. The fourth-order valence-electron chi connectivity index (χ4n) is 1.32. The number of hydrogen-bond donors (Lipinski definition) is 2. The molecule has 1 aromatic rings. The van der Waals surface area contributed by atoms with Crippen LogP contribution in [0.2, 0.25) is 0 Å². The smallest absolute Gasteiger partial charge is 0.0898 e. The highest BCUT2D eigenvalue weighted by atomic mass is 32.1. The summed E-state index contributed by atoms with van der Waals surface area (Å²) in [6.07, 6.45) is 0.934. The Labute approximate surface area is 89.2 Å². The maximum absolute atomic E-state index is 9.05. The van der Waals surface area contributed by atoms with Crippen LogP contribution in [-0.4, -0.2) is 22.7 Å². The van der Waals surface area contributed by atoms with E-state index < -0.39 is 0 Å². The van der Waals surface area contributed by atoms with Crippen LogP contribution >= 0.6 is 11.3 Å². The molecule has 1 heterocycles. The minimum atomic E-state index is 0.173. The highest BCUT2D eigenvalue weighted by Gasteiger charge is 2.12. The Balaban J connectivity index is 2.53. The summed E-state index contributed by atoms with van der Waals surface area (Å²) in [4.78, 5) is 4.41. The van der Waals surface area contributed by atoms with E-state index in [1.165, 1.54) is 0 Å². The molecule has 0 saturated heterocycles. The van der Waals surface area contributed by atoms with Gasteiger partial charge in [0.25, 0.3) is 0 Å². The van der Waals surface area contributed by atoms with Gasteiger partial charge in [-0.15, -0.1) is 11.3 Å². The van der Waals surface area contributed by atoms with E-state index in [2.05, 4.69) is 29.5 Å². The van der Waals surface area contributed by atoms with Crippen molar-refractivity contribution in [2.24, 2.45) is 0 Å². The molecule has 2 unspecified atom stereocenters. The zero-order valence-corrected chi connectivity index (χ0v) is 9.77. The van der Waals surface area contributed by atoms with E-state index in [1.807, 2.05) is 6.92 Å². The van der Waals surface area contributed by atoms with Gasteiger partial charge in [-0.2, -0.15) is 0 Å². The van der Waals surface area contributed by atoms with Crippen molar-refractivity contribution in [3.63, 3.8) is 0 Å². The molecule has 3 nitrogen and oxygen atoms in total. The number of hydrogen-bond acceptors (Lipinski definition) is 4. The Kier molecular flexibility index (Phi) is 4.51. The van der Waals surface area contributed by atoms with Gasteiger partial charge in [0, 0.05) is 17.5 Å². The molecule has 0 amide bonds. The first-order valence-electron chi connectivity index (χ1n) is 4.96. The Bertz CT molecular complexity index is 271. The zero-order valence-electron chi connectivity index (χ0n) is 8.95. The van der Waals surface area contributed by atoms with Crippen LogP contribution in [0.3, 0.4) is 0 Å². The number of aryl methyl sites for hydroxylation is 1. The van der Waals surface area contributed by atoms with Gasteiger partial charge in [-0.05, 0) is 20.3 Å². The Morgan fingerprint density at radius 2 is 2.36 bits per heavy atom. The third kappa shape index (κ3) is 3.04. The van der Waals surface area contributed by atoms with Crippen LogP contribution in [0.4, 0.5) is 0 Å². The summed E-state index contributed by atoms with van der Waals surface area (Å²) in [6, 6.07) is 0.393. The summed E-state index contributed by atoms with van der Waals surface area (Å²) in [7, 11) is 0. The minimum absolute atomic E-state index is 0.173. The molecule has 0 aliphatic carbocycles. The molecule has 0 aromatic carbocycles. The van der Waals surface area contributed by atoms with E-state index in [-0.39, 0.29) is 18.7 Å². The minimum Gasteiger partial charge on any atom is -0.395 e. The van der Waals surface area contributed by atoms with Gasteiger partial charge in [0.15, 0.2) is 0 Å². The molecular formula is C10H18N2OS. The van der Waals surface area contributed by atoms with E-state index in [1.54, 1.807) is 11.3 Å². The molecular weight excluding hydrogens is 196 g/mol. The number of thiazole rings is 1. The summed E-state index contributed by atoms with van der Waals surface area (Å²) < 4.78 is 0. The molecule has 2 N–H and O–H groups in total. The van der Waals surface area contributed by atoms with Crippen molar-refractivity contribution in [3.05, 3.63) is 16.1 Å². The Morgan fingerprint density at radius 1 is 1.64 bits per heavy atom. The van der Waals surface area contributed by atoms with Crippen molar-refractivity contribution in [2.75, 3.05) is 6.61 Å². The van der Waals surface area contributed by atoms with Crippen molar-refractivity contribution in [3.8, 4) is 0 Å². The van der Waals surface area contributed by atoms with Gasteiger partial charge < -0.3 is 10.4 Å². The zero-order chi connectivity index (χ0) is 10.6. The van der Waals surface area contributed by atoms with Crippen LogP contribution in [0.5, 0.6) is 0 Å². The second kappa shape index (κ2) is 5.44. The molecule has 1 aromatic heterocycles. The maximum atomic E-state index is 9.05. The van der Waals surface area contributed by atoms with Crippen LogP contribution in [0, 0.1) is 6.92 Å². The highest BCUT2D eigenvalue weighted by molar-refractivity contribution is 7.09. The molecule has 2 atom stereocenters. The lowest BCUT2D eigenvalue weighted by Crippen LogP contribution is -2.34. The van der Waals surface area contributed by atoms with Gasteiger partial charge in [-0.3, -0.25) is 0 Å². The standard InChI is InChI=1S/C10H18N2OS/c1-4-9(5-13)11-7(2)10-6-14-8(3)12-10/h6-7,9,11,13H,4-5H2,1-3H3. The maximum Gasteiger partial charge on any atom is 0.0898 e. The van der Waals surface area contributed by atoms with Gasteiger partial charge in [-0.25, -0.2) is 4.98 Å². The predicted molar refractivity (Wildman–Crippen MR) is 59.6 cm³/mol. The lowest BCUT2D eigenvalue weighted by molar-refractivity contribution is 0.229.